The molecule has 2 N–H and O–H groups in total. The Kier molecular flexibility index (Phi) is 6.36. The van der Waals surface area contributed by atoms with Crippen LogP contribution < -0.4 is 14.8 Å². The fraction of sp³-hybridized carbons (Fsp3) is 0.111. The molecule has 0 aliphatic carbocycles. The molecule has 3 aromatic rings. The molecule has 0 spiro atoms. The molecule has 0 saturated carbocycles. The van der Waals surface area contributed by atoms with E-state index < -0.39 is 21.7 Å². The number of nitrogens with zero attached hydrogens (tertiary/aromatic N) is 1. The highest BCUT2D eigenvalue weighted by Crippen LogP contribution is 2.27. The Morgan fingerprint density at radius 1 is 1.24 bits per heavy atom. The zero-order valence-electron chi connectivity index (χ0n) is 15.0. The fourth-order valence-electron chi connectivity index (χ4n) is 2.28. The van der Waals surface area contributed by atoms with Gasteiger partial charge in [-0.05, 0) is 30.3 Å². The minimum atomic E-state index is -3.34. The molecule has 1 amide bonds. The number of halogens is 2. The molecule has 0 bridgehead atoms. The molecule has 1 heterocycles. The van der Waals surface area contributed by atoms with Crippen LogP contribution in [0.2, 0.25) is 5.02 Å². The van der Waals surface area contributed by atoms with Crippen molar-refractivity contribution in [1.29, 1.82) is 0 Å². The topological polar surface area (TPSA) is 97.4 Å². The maximum atomic E-state index is 13.0. The van der Waals surface area contributed by atoms with E-state index in [1.54, 1.807) is 29.6 Å². The van der Waals surface area contributed by atoms with Crippen LogP contribution in [-0.2, 0) is 14.8 Å². The van der Waals surface area contributed by atoms with E-state index in [2.05, 4.69) is 15.0 Å². The second-order valence-corrected chi connectivity index (χ2v) is 8.91. The van der Waals surface area contributed by atoms with Crippen LogP contribution in [0, 0.1) is 5.82 Å². The SMILES string of the molecule is CS(=O)(=O)Nc1ccc(-c2csc(NC(=O)COc3ccc(F)cc3Cl)n2)cc1. The van der Waals surface area contributed by atoms with Gasteiger partial charge in [0.2, 0.25) is 10.0 Å². The van der Waals surface area contributed by atoms with Crippen molar-refractivity contribution in [2.24, 2.45) is 0 Å². The molecule has 1 aromatic heterocycles. The lowest BCUT2D eigenvalue weighted by Crippen LogP contribution is -2.20. The van der Waals surface area contributed by atoms with Crippen LogP contribution in [0.5, 0.6) is 5.75 Å². The predicted molar refractivity (Wildman–Crippen MR) is 112 cm³/mol. The quantitative estimate of drug-likeness (QED) is 0.561. The highest BCUT2D eigenvalue weighted by Gasteiger charge is 2.11. The van der Waals surface area contributed by atoms with Crippen LogP contribution in [0.1, 0.15) is 0 Å². The first-order valence-electron chi connectivity index (χ1n) is 8.11. The third-order valence-corrected chi connectivity index (χ3v) is 5.15. The molecule has 2 aromatic carbocycles. The number of carbonyl (C=O) groups excluding carboxylic acids is 1. The van der Waals surface area contributed by atoms with Crippen molar-refractivity contribution >= 4 is 49.7 Å². The van der Waals surface area contributed by atoms with Crippen molar-refractivity contribution in [2.45, 2.75) is 0 Å². The van der Waals surface area contributed by atoms with Gasteiger partial charge in [0.25, 0.3) is 5.91 Å². The van der Waals surface area contributed by atoms with Crippen molar-refractivity contribution in [3.8, 4) is 17.0 Å². The summed E-state index contributed by atoms with van der Waals surface area (Å²) in [7, 11) is -3.34. The number of rotatable bonds is 7. The Bertz CT molecular complexity index is 1130. The molecule has 0 aliphatic heterocycles. The maximum Gasteiger partial charge on any atom is 0.264 e. The van der Waals surface area contributed by atoms with Gasteiger partial charge in [-0.2, -0.15) is 0 Å². The minimum absolute atomic E-state index is 0.0724. The number of thiazole rings is 1. The third kappa shape index (κ3) is 6.14. The fourth-order valence-corrected chi connectivity index (χ4v) is 3.80. The zero-order chi connectivity index (χ0) is 21.0. The van der Waals surface area contributed by atoms with Gasteiger partial charge < -0.3 is 4.74 Å². The highest BCUT2D eigenvalue weighted by atomic mass is 35.5. The van der Waals surface area contributed by atoms with E-state index in [1.807, 2.05) is 0 Å². The second kappa shape index (κ2) is 8.76. The molecule has 0 radical (unpaired) electrons. The van der Waals surface area contributed by atoms with Gasteiger partial charge in [-0.3, -0.25) is 14.8 Å². The average Bonchev–Trinajstić information content (AvgIpc) is 3.08. The van der Waals surface area contributed by atoms with Crippen molar-refractivity contribution in [2.75, 3.05) is 22.9 Å². The number of nitrogens with one attached hydrogen (secondary N) is 2. The lowest BCUT2D eigenvalue weighted by Gasteiger charge is -2.07. The van der Waals surface area contributed by atoms with E-state index >= 15 is 0 Å². The molecule has 3 rings (SSSR count). The first-order chi connectivity index (χ1) is 13.7. The molecule has 0 unspecified atom stereocenters. The van der Waals surface area contributed by atoms with E-state index in [-0.39, 0.29) is 17.4 Å². The monoisotopic (exact) mass is 455 g/mol. The Morgan fingerprint density at radius 3 is 2.62 bits per heavy atom. The van der Waals surface area contributed by atoms with Crippen molar-refractivity contribution < 1.29 is 22.3 Å². The largest absolute Gasteiger partial charge is 0.482 e. The van der Waals surface area contributed by atoms with Gasteiger partial charge >= 0.3 is 0 Å². The Labute approximate surface area is 175 Å². The van der Waals surface area contributed by atoms with Crippen LogP contribution in [0.4, 0.5) is 15.2 Å². The Hall–Kier alpha value is -2.69. The molecule has 0 atom stereocenters. The normalized spacial score (nSPS) is 11.1. The molecule has 0 fully saturated rings. The number of carbonyl (C=O) groups is 1. The Balaban J connectivity index is 1.59. The number of hydrogen-bond donors (Lipinski definition) is 2. The lowest BCUT2D eigenvalue weighted by atomic mass is 10.1. The van der Waals surface area contributed by atoms with E-state index in [0.29, 0.717) is 16.5 Å². The Morgan fingerprint density at radius 2 is 1.97 bits per heavy atom. The average molecular weight is 456 g/mol. The predicted octanol–water partition coefficient (Wildman–Crippen LogP) is 3.99. The number of amides is 1. The third-order valence-electron chi connectivity index (χ3n) is 3.49. The summed E-state index contributed by atoms with van der Waals surface area (Å²) in [5, 5.41) is 4.81. The summed E-state index contributed by atoms with van der Waals surface area (Å²) in [6.07, 6.45) is 1.07. The number of anilines is 2. The van der Waals surface area contributed by atoms with Crippen LogP contribution in [0.25, 0.3) is 11.3 Å². The van der Waals surface area contributed by atoms with Gasteiger partial charge in [0.05, 0.1) is 17.0 Å². The molecule has 11 heteroatoms. The van der Waals surface area contributed by atoms with Gasteiger partial charge in [-0.25, -0.2) is 17.8 Å². The summed E-state index contributed by atoms with van der Waals surface area (Å²) < 4.78 is 43.2. The van der Waals surface area contributed by atoms with E-state index in [1.165, 1.54) is 23.5 Å². The van der Waals surface area contributed by atoms with Crippen LogP contribution in [0.15, 0.2) is 47.8 Å². The van der Waals surface area contributed by atoms with Gasteiger partial charge in [-0.1, -0.05) is 23.7 Å². The lowest BCUT2D eigenvalue weighted by molar-refractivity contribution is -0.118. The van der Waals surface area contributed by atoms with Gasteiger partial charge in [0.1, 0.15) is 11.6 Å². The summed E-state index contributed by atoms with van der Waals surface area (Å²) >= 11 is 7.07. The summed E-state index contributed by atoms with van der Waals surface area (Å²) in [5.41, 5.74) is 1.82. The highest BCUT2D eigenvalue weighted by molar-refractivity contribution is 7.92. The van der Waals surface area contributed by atoms with Gasteiger partial charge in [-0.15, -0.1) is 11.3 Å². The van der Waals surface area contributed by atoms with Gasteiger partial charge in [0.15, 0.2) is 11.7 Å². The second-order valence-electron chi connectivity index (χ2n) is 5.90. The maximum absolute atomic E-state index is 13.0. The molecular weight excluding hydrogens is 441 g/mol. The van der Waals surface area contributed by atoms with Crippen molar-refractivity contribution in [3.63, 3.8) is 0 Å². The zero-order valence-corrected chi connectivity index (χ0v) is 17.4. The van der Waals surface area contributed by atoms with Crippen molar-refractivity contribution in [1.82, 2.24) is 4.98 Å². The molecule has 152 valence electrons. The van der Waals surface area contributed by atoms with Crippen LogP contribution in [0.3, 0.4) is 0 Å². The van der Waals surface area contributed by atoms with Crippen LogP contribution >= 0.6 is 22.9 Å². The first-order valence-corrected chi connectivity index (χ1v) is 11.3. The van der Waals surface area contributed by atoms with Crippen LogP contribution in [-0.4, -0.2) is 32.2 Å². The number of ether oxygens (including phenoxy) is 1. The van der Waals surface area contributed by atoms with Gasteiger partial charge in [0, 0.05) is 16.6 Å². The van der Waals surface area contributed by atoms with E-state index in [9.17, 15) is 17.6 Å². The first kappa shape index (κ1) is 21.0. The smallest absolute Gasteiger partial charge is 0.264 e. The summed E-state index contributed by atoms with van der Waals surface area (Å²) in [6.45, 7) is -0.313. The van der Waals surface area contributed by atoms with Crippen molar-refractivity contribution in [3.05, 3.63) is 58.7 Å². The molecular formula is C18H15ClFN3O4S2. The number of aromatic nitrogens is 1. The minimum Gasteiger partial charge on any atom is -0.482 e. The molecule has 7 nitrogen and oxygen atoms in total. The summed E-state index contributed by atoms with van der Waals surface area (Å²) in [4.78, 5) is 16.4. The standard InChI is InChI=1S/C18H15ClFN3O4S2/c1-29(25,26)23-13-5-2-11(3-6-13)15-10-28-18(21-15)22-17(24)9-27-16-7-4-12(20)8-14(16)19/h2-8,10,23H,9H2,1H3,(H,21,22,24). The molecule has 0 saturated heterocycles. The van der Waals surface area contributed by atoms with E-state index in [0.717, 1.165) is 17.9 Å². The number of hydrogen-bond acceptors (Lipinski definition) is 6. The number of sulfonamides is 1. The summed E-state index contributed by atoms with van der Waals surface area (Å²) in [5.74, 6) is -0.743. The molecule has 29 heavy (non-hydrogen) atoms. The molecule has 0 aliphatic rings. The van der Waals surface area contributed by atoms with E-state index in [4.69, 9.17) is 16.3 Å². The number of benzene rings is 2. The summed E-state index contributed by atoms with van der Waals surface area (Å²) in [6, 6.07) is 10.3.